The third-order valence-corrected chi connectivity index (χ3v) is 17.2. The van der Waals surface area contributed by atoms with Crippen molar-refractivity contribution in [2.75, 3.05) is 24.7 Å². The molecule has 9 aromatic rings. The molecule has 0 saturated carbocycles. The van der Waals surface area contributed by atoms with Crippen LogP contribution in [-0.2, 0) is 51.4 Å². The highest BCUT2D eigenvalue weighted by Gasteiger charge is 2.17. The lowest BCUT2D eigenvalue weighted by atomic mass is 10.0. The summed E-state index contributed by atoms with van der Waals surface area (Å²) in [5.74, 6) is 5.17. The Morgan fingerprint density at radius 1 is 0.373 bits per heavy atom. The Hall–Kier alpha value is -7.01. The summed E-state index contributed by atoms with van der Waals surface area (Å²) in [5, 5.41) is 3.22. The Bertz CT molecular complexity index is 3510. The third kappa shape index (κ3) is 18.7. The van der Waals surface area contributed by atoms with Gasteiger partial charge in [0.15, 0.2) is 0 Å². The predicted octanol–water partition coefficient (Wildman–Crippen LogP) is 16.0. The van der Waals surface area contributed by atoms with Gasteiger partial charge in [0.1, 0.15) is 55.6 Å². The molecule has 0 aliphatic carbocycles. The first-order valence-corrected chi connectivity index (χ1v) is 31.9. The number of hydrogen-bond donors (Lipinski definition) is 2. The van der Waals surface area contributed by atoms with Crippen molar-refractivity contribution in [1.29, 1.82) is 0 Å². The molecule has 9 rings (SSSR count). The van der Waals surface area contributed by atoms with Gasteiger partial charge in [-0.15, -0.1) is 34.0 Å². The van der Waals surface area contributed by atoms with E-state index >= 15 is 0 Å². The molecule has 0 unspecified atom stereocenters. The van der Waals surface area contributed by atoms with E-state index in [1.807, 2.05) is 39.8 Å². The van der Waals surface area contributed by atoms with Gasteiger partial charge in [0.05, 0.1) is 30.3 Å². The standard InChI is InChI=1S/C23H29N3S.C22H29N5OS.C22H27N3OS/c1-6-7-8-19-14-20(10-9-15(19)2)23-26-21(18(5)27-23)11-12-22-24-16(3)13-17(4)25-22;1-4-6-18-16(9-10-21-26-19(23)13-20(24)27-21)25-22(29-18)15-8-7-14(3)17(12-15)28-11-5-2;1-6-11-26-20-9-7-18(12-14(20)2)22-25-19(17(5)27-22)8-10-21-23-15(3)13-16(4)24-21/h9-10,13-14H,6-8,11-12H2,1-5H3;7-8,12-13H,4-6,9-11H2,1-3H3,(H4,23,24,26,27);7,9,12-13H,6,8,10-11H2,1-5H3. The average Bonchev–Trinajstić information content (AvgIpc) is 4.35. The van der Waals surface area contributed by atoms with Crippen molar-refractivity contribution in [3.8, 4) is 43.2 Å². The van der Waals surface area contributed by atoms with Crippen molar-refractivity contribution in [2.45, 2.75) is 173 Å². The molecule has 0 aliphatic heterocycles. The number of rotatable bonds is 23. The summed E-state index contributed by atoms with van der Waals surface area (Å²) in [5.41, 5.74) is 27.7. The van der Waals surface area contributed by atoms with Crippen molar-refractivity contribution in [1.82, 2.24) is 44.9 Å². The SMILES string of the molecule is CCCCc1cc(-c2nc(CCc3nc(C)cc(C)n3)c(C)s2)ccc1C.CCCOc1cc(-c2nc(CCc3nc(N)cc(N)n3)c(CCC)s2)ccc1C.CCCOc1ccc(-c2nc(CCc3nc(C)cc(C)n3)c(C)s2)cc1C. The molecule has 0 aliphatic rings. The second kappa shape index (κ2) is 31.0. The Morgan fingerprint density at radius 3 is 1.35 bits per heavy atom. The maximum absolute atomic E-state index is 5.90. The summed E-state index contributed by atoms with van der Waals surface area (Å²) in [6, 6.07) is 25.0. The molecule has 0 saturated heterocycles. The first kappa shape index (κ1) is 63.6. The van der Waals surface area contributed by atoms with Crippen molar-refractivity contribution in [2.24, 2.45) is 0 Å². The van der Waals surface area contributed by atoms with E-state index in [2.05, 4.69) is 147 Å². The molecule has 0 amide bonds. The van der Waals surface area contributed by atoms with Crippen molar-refractivity contribution < 1.29 is 9.47 Å². The van der Waals surface area contributed by atoms with Gasteiger partial charge in [0, 0.05) is 79.4 Å². The molecule has 6 heterocycles. The number of anilines is 2. The zero-order valence-electron chi connectivity index (χ0n) is 51.3. The Labute approximate surface area is 505 Å². The number of ether oxygens (including phenoxy) is 2. The van der Waals surface area contributed by atoms with E-state index in [1.54, 1.807) is 40.1 Å². The fraction of sp³-hybridized carbons (Fsp3) is 0.418. The van der Waals surface area contributed by atoms with Crippen LogP contribution in [0.25, 0.3) is 31.7 Å². The highest BCUT2D eigenvalue weighted by atomic mass is 32.1. The van der Waals surface area contributed by atoms with Gasteiger partial charge in [-0.3, -0.25) is 0 Å². The molecule has 13 nitrogen and oxygen atoms in total. The van der Waals surface area contributed by atoms with Crippen LogP contribution < -0.4 is 20.9 Å². The van der Waals surface area contributed by atoms with Crippen LogP contribution in [0.3, 0.4) is 0 Å². The first-order chi connectivity index (χ1) is 39.9. The highest BCUT2D eigenvalue weighted by molar-refractivity contribution is 7.15. The van der Waals surface area contributed by atoms with Crippen molar-refractivity contribution >= 4 is 45.6 Å². The van der Waals surface area contributed by atoms with Gasteiger partial charge in [-0.1, -0.05) is 64.8 Å². The van der Waals surface area contributed by atoms with E-state index in [4.69, 9.17) is 35.9 Å². The van der Waals surface area contributed by atoms with Crippen LogP contribution in [-0.4, -0.2) is 58.1 Å². The number of hydrogen-bond acceptors (Lipinski definition) is 16. The van der Waals surface area contributed by atoms with Crippen LogP contribution in [0.4, 0.5) is 11.6 Å². The zero-order valence-corrected chi connectivity index (χ0v) is 53.7. The molecule has 0 radical (unpaired) electrons. The van der Waals surface area contributed by atoms with E-state index in [0.29, 0.717) is 23.9 Å². The largest absolute Gasteiger partial charge is 0.493 e. The number of aromatic nitrogens is 9. The minimum Gasteiger partial charge on any atom is -0.493 e. The monoisotopic (exact) mass is 1170 g/mol. The molecule has 438 valence electrons. The van der Waals surface area contributed by atoms with E-state index in [1.165, 1.54) is 49.9 Å². The first-order valence-electron chi connectivity index (χ1n) is 29.4. The Morgan fingerprint density at radius 2 is 0.831 bits per heavy atom. The lowest BCUT2D eigenvalue weighted by Crippen LogP contribution is -2.05. The van der Waals surface area contributed by atoms with Gasteiger partial charge in [0.2, 0.25) is 0 Å². The van der Waals surface area contributed by atoms with E-state index < -0.39 is 0 Å². The van der Waals surface area contributed by atoms with Crippen LogP contribution in [0, 0.1) is 62.3 Å². The lowest BCUT2D eigenvalue weighted by molar-refractivity contribution is 0.315. The Kier molecular flexibility index (Phi) is 23.8. The van der Waals surface area contributed by atoms with Crippen LogP contribution >= 0.6 is 34.0 Å². The lowest BCUT2D eigenvalue weighted by Gasteiger charge is -2.09. The van der Waals surface area contributed by atoms with Crippen LogP contribution in [0.2, 0.25) is 0 Å². The number of aryl methyl sites for hydroxylation is 17. The normalized spacial score (nSPS) is 11.0. The quantitative estimate of drug-likeness (QED) is 0.0617. The average molecular weight is 1170 g/mol. The van der Waals surface area contributed by atoms with Crippen LogP contribution in [0.15, 0.2) is 72.8 Å². The van der Waals surface area contributed by atoms with Crippen LogP contribution in [0.5, 0.6) is 11.5 Å². The van der Waals surface area contributed by atoms with E-state index in [0.717, 1.165) is 172 Å². The van der Waals surface area contributed by atoms with Gasteiger partial charge in [-0.2, -0.15) is 0 Å². The maximum Gasteiger partial charge on any atom is 0.133 e. The smallest absolute Gasteiger partial charge is 0.133 e. The van der Waals surface area contributed by atoms with Gasteiger partial charge >= 0.3 is 0 Å². The molecule has 16 heteroatoms. The van der Waals surface area contributed by atoms with Crippen molar-refractivity contribution in [3.63, 3.8) is 0 Å². The topological polar surface area (TPSA) is 187 Å². The summed E-state index contributed by atoms with van der Waals surface area (Å²) in [7, 11) is 0. The maximum atomic E-state index is 5.90. The van der Waals surface area contributed by atoms with Crippen molar-refractivity contribution in [3.05, 3.63) is 167 Å². The molecule has 3 aromatic carbocycles. The van der Waals surface area contributed by atoms with Gasteiger partial charge in [-0.05, 0) is 178 Å². The fourth-order valence-corrected chi connectivity index (χ4v) is 12.7. The van der Waals surface area contributed by atoms with Gasteiger partial charge in [-0.25, -0.2) is 44.9 Å². The minimum atomic E-state index is 0.402. The number of benzene rings is 3. The van der Waals surface area contributed by atoms with Gasteiger partial charge < -0.3 is 20.9 Å². The minimum absolute atomic E-state index is 0.402. The molecule has 0 bridgehead atoms. The molecule has 4 N–H and O–H groups in total. The second-order valence-electron chi connectivity index (χ2n) is 21.4. The molecule has 0 spiro atoms. The summed E-state index contributed by atoms with van der Waals surface area (Å²) < 4.78 is 11.7. The predicted molar refractivity (Wildman–Crippen MR) is 347 cm³/mol. The third-order valence-electron chi connectivity index (χ3n) is 13.8. The second-order valence-corrected chi connectivity index (χ2v) is 24.8. The Balaban J connectivity index is 0.000000179. The summed E-state index contributed by atoms with van der Waals surface area (Å²) in [6.07, 6.45) is 12.5. The molecular formula is C67H85N11O2S3. The zero-order chi connectivity index (χ0) is 59.6. The highest BCUT2D eigenvalue weighted by Crippen LogP contribution is 2.35. The van der Waals surface area contributed by atoms with Gasteiger partial charge in [0.25, 0.3) is 0 Å². The summed E-state index contributed by atoms with van der Waals surface area (Å²) in [6.45, 7) is 28.9. The van der Waals surface area contributed by atoms with Crippen LogP contribution in [0.1, 0.15) is 154 Å². The molecular weight excluding hydrogens is 1090 g/mol. The number of nitrogens with zero attached hydrogens (tertiary/aromatic N) is 9. The number of unbranched alkanes of at least 4 members (excludes halogenated alkanes) is 1. The molecule has 0 atom stereocenters. The number of thiazole rings is 3. The number of nitrogen functional groups attached to an aromatic ring is 2. The molecule has 0 fully saturated rings. The van der Waals surface area contributed by atoms with E-state index in [9.17, 15) is 0 Å². The fourth-order valence-electron chi connectivity index (χ4n) is 9.55. The van der Waals surface area contributed by atoms with E-state index in [-0.39, 0.29) is 0 Å². The summed E-state index contributed by atoms with van der Waals surface area (Å²) in [4.78, 5) is 45.4. The molecule has 6 aromatic heterocycles. The molecule has 83 heavy (non-hydrogen) atoms. The summed E-state index contributed by atoms with van der Waals surface area (Å²) >= 11 is 5.30. The number of nitrogens with two attached hydrogens (primary N) is 2.